The van der Waals surface area contributed by atoms with Gasteiger partial charge in [0.05, 0.1) is 25.0 Å². The summed E-state index contributed by atoms with van der Waals surface area (Å²) in [4.78, 5) is 24.8. The minimum absolute atomic E-state index is 0.0413. The maximum atomic E-state index is 12.4. The second-order valence-electron chi connectivity index (χ2n) is 11.6. The molecular formula is C30H56O4. The molecule has 1 fully saturated rings. The Kier molecular flexibility index (Phi) is 16.6. The monoisotopic (exact) mass is 480 g/mol. The predicted molar refractivity (Wildman–Crippen MR) is 142 cm³/mol. The first kappa shape index (κ1) is 31.0. The van der Waals surface area contributed by atoms with Crippen LogP contribution in [0.5, 0.6) is 0 Å². The van der Waals surface area contributed by atoms with E-state index >= 15 is 0 Å². The summed E-state index contributed by atoms with van der Waals surface area (Å²) in [5, 5.41) is 0. The zero-order chi connectivity index (χ0) is 25.3. The van der Waals surface area contributed by atoms with Gasteiger partial charge < -0.3 is 9.47 Å². The van der Waals surface area contributed by atoms with Crippen LogP contribution in [-0.2, 0) is 19.1 Å². The van der Waals surface area contributed by atoms with Crippen LogP contribution in [0.25, 0.3) is 0 Å². The molecule has 0 heterocycles. The molecule has 0 aromatic carbocycles. The summed E-state index contributed by atoms with van der Waals surface area (Å²) in [5.41, 5.74) is 0. The van der Waals surface area contributed by atoms with Crippen LogP contribution in [-0.4, -0.2) is 25.2 Å². The number of hydrogen-bond acceptors (Lipinski definition) is 4. The van der Waals surface area contributed by atoms with Crippen molar-refractivity contribution in [2.24, 2.45) is 35.5 Å². The molecular weight excluding hydrogens is 424 g/mol. The minimum atomic E-state index is -0.0639. The van der Waals surface area contributed by atoms with E-state index in [1.807, 2.05) is 0 Å². The molecule has 0 radical (unpaired) electrons. The average Bonchev–Trinajstić information content (AvgIpc) is 2.83. The summed E-state index contributed by atoms with van der Waals surface area (Å²) in [6.07, 6.45) is 14.7. The molecule has 4 heteroatoms. The number of carbonyl (C=O) groups excluding carboxylic acids is 2. The first-order chi connectivity index (χ1) is 16.3. The summed E-state index contributed by atoms with van der Waals surface area (Å²) in [7, 11) is 0. The van der Waals surface area contributed by atoms with Crippen molar-refractivity contribution in [3.05, 3.63) is 0 Å². The lowest BCUT2D eigenvalue weighted by atomic mass is 9.82. The van der Waals surface area contributed by atoms with Gasteiger partial charge in [-0.3, -0.25) is 9.59 Å². The van der Waals surface area contributed by atoms with E-state index in [-0.39, 0.29) is 23.8 Å². The fraction of sp³-hybridized carbons (Fsp3) is 0.933. The Morgan fingerprint density at radius 1 is 0.618 bits per heavy atom. The van der Waals surface area contributed by atoms with Crippen LogP contribution >= 0.6 is 0 Å². The number of carbonyl (C=O) groups is 2. The lowest BCUT2D eigenvalue weighted by Gasteiger charge is -2.26. The zero-order valence-electron chi connectivity index (χ0n) is 23.4. The first-order valence-corrected chi connectivity index (χ1v) is 14.6. The predicted octanol–water partition coefficient (Wildman–Crippen LogP) is 8.36. The largest absolute Gasteiger partial charge is 0.465 e. The van der Waals surface area contributed by atoms with E-state index in [4.69, 9.17) is 9.47 Å². The molecule has 0 bridgehead atoms. The smallest absolute Gasteiger partial charge is 0.308 e. The van der Waals surface area contributed by atoms with Gasteiger partial charge in [0.15, 0.2) is 0 Å². The van der Waals surface area contributed by atoms with Gasteiger partial charge in [-0.2, -0.15) is 0 Å². The molecule has 4 atom stereocenters. The van der Waals surface area contributed by atoms with Crippen molar-refractivity contribution < 1.29 is 19.1 Å². The van der Waals surface area contributed by atoms with Crippen molar-refractivity contribution >= 4 is 11.9 Å². The summed E-state index contributed by atoms with van der Waals surface area (Å²) in [6, 6.07) is 0. The third kappa shape index (κ3) is 13.7. The molecule has 0 saturated heterocycles. The molecule has 1 saturated carbocycles. The topological polar surface area (TPSA) is 52.6 Å². The summed E-state index contributed by atoms with van der Waals surface area (Å²) >= 11 is 0. The summed E-state index contributed by atoms with van der Waals surface area (Å²) < 4.78 is 11.1. The van der Waals surface area contributed by atoms with Crippen molar-refractivity contribution in [1.82, 2.24) is 0 Å². The molecule has 4 nitrogen and oxygen atoms in total. The molecule has 1 aliphatic carbocycles. The Morgan fingerprint density at radius 2 is 0.971 bits per heavy atom. The normalized spacial score (nSPS) is 21.9. The highest BCUT2D eigenvalue weighted by atomic mass is 16.5. The summed E-state index contributed by atoms with van der Waals surface area (Å²) in [6.45, 7) is 14.9. The molecule has 1 rings (SSSR count). The van der Waals surface area contributed by atoms with Crippen molar-refractivity contribution in [3.63, 3.8) is 0 Å². The average molecular weight is 481 g/mol. The van der Waals surface area contributed by atoms with E-state index in [1.54, 1.807) is 0 Å². The van der Waals surface area contributed by atoms with Crippen LogP contribution < -0.4 is 0 Å². The second kappa shape index (κ2) is 18.2. The third-order valence-electron chi connectivity index (χ3n) is 8.07. The van der Waals surface area contributed by atoms with Gasteiger partial charge in [0, 0.05) is 0 Å². The van der Waals surface area contributed by atoms with Gasteiger partial charge in [-0.1, -0.05) is 67.2 Å². The molecule has 0 amide bonds. The van der Waals surface area contributed by atoms with Gasteiger partial charge in [0.2, 0.25) is 0 Å². The molecule has 0 aromatic rings. The van der Waals surface area contributed by atoms with E-state index in [9.17, 15) is 9.59 Å². The van der Waals surface area contributed by atoms with Gasteiger partial charge in [0.1, 0.15) is 0 Å². The Hall–Kier alpha value is -1.06. The maximum Gasteiger partial charge on any atom is 0.308 e. The standard InChI is InChI=1S/C30H56O4/c1-7-23(3)21-25(5)13-9-11-19-33-29(31)27-15-17-28(18-16-27)30(32)34-20-12-10-14-26(6)22-24(4)8-2/h23-28H,7-22H2,1-6H3. The van der Waals surface area contributed by atoms with Crippen molar-refractivity contribution in [3.8, 4) is 0 Å². The van der Waals surface area contributed by atoms with Crippen LogP contribution in [0.2, 0.25) is 0 Å². The van der Waals surface area contributed by atoms with Gasteiger partial charge in [-0.05, 0) is 87.9 Å². The number of rotatable bonds is 18. The SMILES string of the molecule is CCC(C)CC(C)CCCCOC(=O)C1CCC(C(=O)OCCCCC(C)CC(C)CC)CC1. The van der Waals surface area contributed by atoms with Gasteiger partial charge in [0.25, 0.3) is 0 Å². The number of unbranched alkanes of at least 4 members (excludes halogenated alkanes) is 2. The molecule has 4 unspecified atom stereocenters. The Balaban J connectivity index is 2.09. The lowest BCUT2D eigenvalue weighted by Crippen LogP contribution is -2.28. The molecule has 1 aliphatic rings. The highest BCUT2D eigenvalue weighted by Crippen LogP contribution is 2.30. The Labute approximate surface area is 211 Å². The van der Waals surface area contributed by atoms with Crippen LogP contribution in [0.1, 0.15) is 131 Å². The quantitative estimate of drug-likeness (QED) is 0.146. The number of hydrogen-bond donors (Lipinski definition) is 0. The molecule has 34 heavy (non-hydrogen) atoms. The van der Waals surface area contributed by atoms with Crippen LogP contribution in [0.4, 0.5) is 0 Å². The lowest BCUT2D eigenvalue weighted by molar-refractivity contribution is -0.155. The Bertz CT molecular complexity index is 490. The Morgan fingerprint density at radius 3 is 1.29 bits per heavy atom. The van der Waals surface area contributed by atoms with Crippen LogP contribution in [0, 0.1) is 35.5 Å². The summed E-state index contributed by atoms with van der Waals surface area (Å²) in [5.74, 6) is 2.89. The third-order valence-corrected chi connectivity index (χ3v) is 8.07. The molecule has 200 valence electrons. The molecule has 0 spiro atoms. The fourth-order valence-corrected chi connectivity index (χ4v) is 5.28. The van der Waals surface area contributed by atoms with Gasteiger partial charge >= 0.3 is 11.9 Å². The van der Waals surface area contributed by atoms with Gasteiger partial charge in [-0.25, -0.2) is 0 Å². The maximum absolute atomic E-state index is 12.4. The van der Waals surface area contributed by atoms with E-state index in [1.165, 1.54) is 38.5 Å². The molecule has 0 N–H and O–H groups in total. The molecule has 0 aliphatic heterocycles. The second-order valence-corrected chi connectivity index (χ2v) is 11.6. The number of esters is 2. The number of ether oxygens (including phenoxy) is 2. The highest BCUT2D eigenvalue weighted by molar-refractivity contribution is 5.75. The molecule has 0 aromatic heterocycles. The van der Waals surface area contributed by atoms with Crippen molar-refractivity contribution in [2.45, 2.75) is 131 Å². The highest BCUT2D eigenvalue weighted by Gasteiger charge is 2.31. The van der Waals surface area contributed by atoms with Crippen molar-refractivity contribution in [2.75, 3.05) is 13.2 Å². The fourth-order valence-electron chi connectivity index (χ4n) is 5.28. The van der Waals surface area contributed by atoms with E-state index in [2.05, 4.69) is 41.5 Å². The van der Waals surface area contributed by atoms with Crippen LogP contribution in [0.3, 0.4) is 0 Å². The van der Waals surface area contributed by atoms with Gasteiger partial charge in [-0.15, -0.1) is 0 Å². The van der Waals surface area contributed by atoms with E-state index in [0.717, 1.165) is 75.0 Å². The zero-order valence-corrected chi connectivity index (χ0v) is 23.4. The minimum Gasteiger partial charge on any atom is -0.465 e. The van der Waals surface area contributed by atoms with Crippen LogP contribution in [0.15, 0.2) is 0 Å². The van der Waals surface area contributed by atoms with E-state index < -0.39 is 0 Å². The first-order valence-electron chi connectivity index (χ1n) is 14.6. The van der Waals surface area contributed by atoms with E-state index in [0.29, 0.717) is 13.2 Å². The van der Waals surface area contributed by atoms with Crippen molar-refractivity contribution in [1.29, 1.82) is 0 Å².